The molecule has 0 radical (unpaired) electrons. The summed E-state index contributed by atoms with van der Waals surface area (Å²) < 4.78 is 32.4. The van der Waals surface area contributed by atoms with E-state index in [-0.39, 0.29) is 37.7 Å². The second-order valence-corrected chi connectivity index (χ2v) is 21.4. The predicted molar refractivity (Wildman–Crippen MR) is 241 cm³/mol. The third kappa shape index (κ3) is 9.57. The van der Waals surface area contributed by atoms with Gasteiger partial charge in [0.15, 0.2) is 5.13 Å². The molecule has 0 spiro atoms. The van der Waals surface area contributed by atoms with Crippen LogP contribution in [0, 0.1) is 11.3 Å². The van der Waals surface area contributed by atoms with Gasteiger partial charge >= 0.3 is 6.09 Å². The minimum absolute atomic E-state index is 0.0334. The molecular weight excluding hydrogens is 830 g/mol. The van der Waals surface area contributed by atoms with Gasteiger partial charge in [-0.25, -0.2) is 14.8 Å². The molecule has 332 valence electrons. The van der Waals surface area contributed by atoms with Crippen molar-refractivity contribution < 1.29 is 38.1 Å². The Hall–Kier alpha value is -5.18. The monoisotopic (exact) mass is 887 g/mol. The summed E-state index contributed by atoms with van der Waals surface area (Å²) in [7, 11) is -2.61. The van der Waals surface area contributed by atoms with E-state index >= 15 is 0 Å². The molecule has 4 aromatic rings. The molecule has 6 atom stereocenters. The number of nitrogens with two attached hydrogens (primary N) is 1. The Morgan fingerprint density at radius 2 is 1.84 bits per heavy atom. The van der Waals surface area contributed by atoms with Crippen LogP contribution in [0.2, 0.25) is 0 Å². The molecule has 3 aliphatic rings. The number of benzene rings is 2. The number of nitrogens with zero attached hydrogens (tertiary/aromatic N) is 3. The quantitative estimate of drug-likeness (QED) is 0.0443. The van der Waals surface area contributed by atoms with Gasteiger partial charge in [0, 0.05) is 47.0 Å². The SMILES string of the molecule is C=C[C@@H]1C[C@]1(NC(=O)[C@@H]1C[C@@H](Oc2cc(-c3csc(NC(C)C)n3)nc3cc(OC)ccc23)CN1C(=O)C(NC(=O)OC1CCCC1)C(C)(C)C)P(=O)(O)Cc1ccccc1N. The van der Waals surface area contributed by atoms with Crippen molar-refractivity contribution in [1.82, 2.24) is 25.5 Å². The number of aromatic nitrogens is 2. The van der Waals surface area contributed by atoms with Crippen LogP contribution in [0.5, 0.6) is 11.5 Å². The number of rotatable bonds is 15. The Kier molecular flexibility index (Phi) is 12.9. The number of likely N-dealkylation sites (tertiary alicyclic amines) is 1. The van der Waals surface area contributed by atoms with Crippen molar-refractivity contribution in [2.75, 3.05) is 24.7 Å². The Morgan fingerprint density at radius 3 is 2.50 bits per heavy atom. The average Bonchev–Trinajstić information content (AvgIpc) is 3.61. The van der Waals surface area contributed by atoms with Gasteiger partial charge in [-0.15, -0.1) is 17.9 Å². The number of methoxy groups -OCH3 is 1. The van der Waals surface area contributed by atoms with Crippen molar-refractivity contribution in [3.8, 4) is 22.9 Å². The highest BCUT2D eigenvalue weighted by Gasteiger charge is 2.66. The number of hydrogen-bond donors (Lipinski definition) is 5. The van der Waals surface area contributed by atoms with Gasteiger partial charge in [-0.3, -0.25) is 14.2 Å². The van der Waals surface area contributed by atoms with Gasteiger partial charge in [0.25, 0.3) is 0 Å². The van der Waals surface area contributed by atoms with Gasteiger partial charge < -0.3 is 45.7 Å². The van der Waals surface area contributed by atoms with E-state index in [2.05, 4.69) is 22.5 Å². The maximum Gasteiger partial charge on any atom is 0.408 e. The largest absolute Gasteiger partial charge is 0.497 e. The first-order valence-corrected chi connectivity index (χ1v) is 23.9. The predicted octanol–water partition coefficient (Wildman–Crippen LogP) is 7.69. The Labute approximate surface area is 366 Å². The lowest BCUT2D eigenvalue weighted by molar-refractivity contribution is -0.142. The number of fused-ring (bicyclic) bond motifs is 1. The number of carbonyl (C=O) groups is 3. The first-order valence-electron chi connectivity index (χ1n) is 21.2. The van der Waals surface area contributed by atoms with Crippen LogP contribution in [0.15, 0.2) is 66.6 Å². The Morgan fingerprint density at radius 1 is 1.10 bits per heavy atom. The second-order valence-electron chi connectivity index (χ2n) is 18.0. The molecule has 62 heavy (non-hydrogen) atoms. The van der Waals surface area contributed by atoms with Crippen LogP contribution < -0.4 is 31.2 Å². The van der Waals surface area contributed by atoms with E-state index in [9.17, 15) is 23.8 Å². The fourth-order valence-corrected chi connectivity index (χ4v) is 11.7. The van der Waals surface area contributed by atoms with Gasteiger partial charge in [0.05, 0.1) is 31.0 Å². The number of nitrogen functional groups attached to an aromatic ring is 1. The van der Waals surface area contributed by atoms with E-state index in [0.717, 1.165) is 30.8 Å². The number of ether oxygens (including phenoxy) is 3. The lowest BCUT2D eigenvalue weighted by atomic mass is 9.85. The number of nitrogens with one attached hydrogen (secondary N) is 3. The van der Waals surface area contributed by atoms with Crippen molar-refractivity contribution in [1.29, 1.82) is 0 Å². The third-order valence-electron chi connectivity index (χ3n) is 11.9. The summed E-state index contributed by atoms with van der Waals surface area (Å²) in [5, 5.41) is 10.9. The second kappa shape index (κ2) is 17.9. The number of para-hydroxylation sites is 1. The zero-order valence-corrected chi connectivity index (χ0v) is 37.9. The van der Waals surface area contributed by atoms with Crippen LogP contribution in [-0.2, 0) is 25.1 Å². The van der Waals surface area contributed by atoms with E-state index in [0.29, 0.717) is 45.0 Å². The number of carbonyl (C=O) groups excluding carboxylic acids is 3. The standard InChI is InChI=1S/C45H58N7O8PS/c1-8-28-22-45(28,61(56,57)24-27-13-9-12-16-33(27)46)51-40(53)37-20-31(23-52(37)41(54)39(44(4,5)6)50-43(55)60-29-14-10-11-15-29)59-38-21-35(36-25-62-42(49-36)47-26(2)3)48-34-19-30(58-7)17-18-32(34)38/h8-9,12-13,16-19,21,25-26,28-29,31,37,39H,1,10-11,14-15,20,22-24,46H2,2-7H3,(H,47,49)(H,50,55)(H,51,53)(H,56,57)/t28-,31-,37+,39?,45+/m1/s1. The molecule has 2 unspecified atom stereocenters. The number of amides is 3. The average molecular weight is 888 g/mol. The summed E-state index contributed by atoms with van der Waals surface area (Å²) >= 11 is 1.46. The van der Waals surface area contributed by atoms with Crippen molar-refractivity contribution >= 4 is 58.3 Å². The number of anilines is 2. The zero-order valence-electron chi connectivity index (χ0n) is 36.2. The molecule has 15 nitrogen and oxygen atoms in total. The minimum Gasteiger partial charge on any atom is -0.497 e. The Bertz CT molecular complexity index is 2380. The molecule has 2 aliphatic carbocycles. The molecule has 2 saturated carbocycles. The molecule has 3 fully saturated rings. The van der Waals surface area contributed by atoms with E-state index in [1.807, 2.05) is 46.1 Å². The van der Waals surface area contributed by atoms with E-state index in [1.54, 1.807) is 55.7 Å². The zero-order chi connectivity index (χ0) is 44.6. The summed E-state index contributed by atoms with van der Waals surface area (Å²) in [6, 6.07) is 12.0. The van der Waals surface area contributed by atoms with E-state index < -0.39 is 60.1 Å². The fourth-order valence-electron chi connectivity index (χ4n) is 8.45. The molecule has 7 rings (SSSR count). The number of hydrogen-bond acceptors (Lipinski definition) is 12. The lowest BCUT2D eigenvalue weighted by Gasteiger charge is -2.36. The maximum absolute atomic E-state index is 14.9. The van der Waals surface area contributed by atoms with Gasteiger partial charge in [-0.05, 0) is 75.1 Å². The summed E-state index contributed by atoms with van der Waals surface area (Å²) in [5.74, 6) is -0.589. The van der Waals surface area contributed by atoms with Gasteiger partial charge in [-0.1, -0.05) is 45.0 Å². The topological polar surface area (TPSA) is 207 Å². The molecule has 0 bridgehead atoms. The van der Waals surface area contributed by atoms with Crippen molar-refractivity contribution in [3.05, 3.63) is 72.1 Å². The highest BCUT2D eigenvalue weighted by atomic mass is 32.1. The number of thiazole rings is 1. The van der Waals surface area contributed by atoms with Crippen LogP contribution >= 0.6 is 18.7 Å². The molecular formula is C45H58N7O8PS. The van der Waals surface area contributed by atoms with Crippen molar-refractivity contribution in [2.45, 2.75) is 115 Å². The van der Waals surface area contributed by atoms with Gasteiger partial charge in [-0.2, -0.15) is 0 Å². The molecule has 2 aromatic carbocycles. The summed E-state index contributed by atoms with van der Waals surface area (Å²) in [6.07, 6.45) is 3.28. The highest BCUT2D eigenvalue weighted by Crippen LogP contribution is 2.71. The van der Waals surface area contributed by atoms with Crippen molar-refractivity contribution in [2.24, 2.45) is 11.3 Å². The van der Waals surface area contributed by atoms with Crippen LogP contribution in [0.4, 0.5) is 15.6 Å². The highest BCUT2D eigenvalue weighted by molar-refractivity contribution is 7.59. The summed E-state index contributed by atoms with van der Waals surface area (Å²) in [4.78, 5) is 65.8. The maximum atomic E-state index is 14.9. The fraction of sp³-hybridized carbons (Fsp3) is 0.489. The van der Waals surface area contributed by atoms with Gasteiger partial charge in [0.1, 0.15) is 46.8 Å². The molecule has 6 N–H and O–H groups in total. The van der Waals surface area contributed by atoms with Crippen LogP contribution in [0.1, 0.15) is 78.7 Å². The minimum atomic E-state index is -4.19. The molecule has 1 saturated heterocycles. The smallest absolute Gasteiger partial charge is 0.408 e. The summed E-state index contributed by atoms with van der Waals surface area (Å²) in [6.45, 7) is 13.4. The third-order valence-corrected chi connectivity index (χ3v) is 15.3. The molecule has 3 heterocycles. The molecule has 2 aromatic heterocycles. The molecule has 1 aliphatic heterocycles. The first-order chi connectivity index (χ1) is 29.4. The van der Waals surface area contributed by atoms with Gasteiger partial charge in [0.2, 0.25) is 19.2 Å². The normalized spacial score (nSPS) is 22.8. The van der Waals surface area contributed by atoms with E-state index in [1.165, 1.54) is 16.2 Å². The van der Waals surface area contributed by atoms with Crippen LogP contribution in [0.3, 0.4) is 0 Å². The molecule has 17 heteroatoms. The number of alkyl carbamates (subject to hydrolysis) is 1. The van der Waals surface area contributed by atoms with Crippen LogP contribution in [0.25, 0.3) is 22.3 Å². The van der Waals surface area contributed by atoms with E-state index in [4.69, 9.17) is 29.9 Å². The summed E-state index contributed by atoms with van der Waals surface area (Å²) in [5.41, 5.74) is 8.01. The first kappa shape index (κ1) is 44.9. The van der Waals surface area contributed by atoms with Crippen LogP contribution in [-0.4, -0.2) is 86.9 Å². The van der Waals surface area contributed by atoms with Crippen molar-refractivity contribution in [3.63, 3.8) is 0 Å². The lowest BCUT2D eigenvalue weighted by Crippen LogP contribution is -2.58. The molecule has 3 amide bonds. The Balaban J connectivity index is 1.22. The number of pyridine rings is 1.